The first-order valence-corrected chi connectivity index (χ1v) is 5.85. The highest BCUT2D eigenvalue weighted by Gasteiger charge is 2.30. The number of alkyl halides is 3. The van der Waals surface area contributed by atoms with E-state index in [2.05, 4.69) is 21.2 Å². The molecule has 0 heterocycles. The van der Waals surface area contributed by atoms with Crippen LogP contribution >= 0.6 is 15.9 Å². The summed E-state index contributed by atoms with van der Waals surface area (Å²) in [6.45, 7) is 1.34. The zero-order valence-electron chi connectivity index (χ0n) is 9.61. The standard InChI is InChI=1S/C11H14BrF3N2/c1-17(2)6-5-16-10-7-8(11(13,14)15)3-4-9(10)12/h3-4,7,16H,5-6H2,1-2H3. The van der Waals surface area contributed by atoms with Gasteiger partial charge in [0, 0.05) is 23.2 Å². The molecule has 0 saturated carbocycles. The van der Waals surface area contributed by atoms with Crippen LogP contribution in [0.5, 0.6) is 0 Å². The molecule has 0 bridgehead atoms. The molecule has 1 N–H and O–H groups in total. The number of rotatable bonds is 4. The average Bonchev–Trinajstić information content (AvgIpc) is 2.18. The quantitative estimate of drug-likeness (QED) is 0.916. The van der Waals surface area contributed by atoms with E-state index in [1.54, 1.807) is 0 Å². The summed E-state index contributed by atoms with van der Waals surface area (Å²) in [5.74, 6) is 0. The average molecular weight is 311 g/mol. The summed E-state index contributed by atoms with van der Waals surface area (Å²) in [5.41, 5.74) is -0.185. The van der Waals surface area contributed by atoms with Crippen molar-refractivity contribution in [2.75, 3.05) is 32.5 Å². The van der Waals surface area contributed by atoms with Gasteiger partial charge in [-0.1, -0.05) is 0 Å². The molecule has 0 saturated heterocycles. The van der Waals surface area contributed by atoms with E-state index in [0.29, 0.717) is 16.7 Å². The summed E-state index contributed by atoms with van der Waals surface area (Å²) in [6, 6.07) is 3.57. The smallest absolute Gasteiger partial charge is 0.383 e. The van der Waals surface area contributed by atoms with Crippen LogP contribution in [0.4, 0.5) is 18.9 Å². The molecule has 0 aliphatic heterocycles. The van der Waals surface area contributed by atoms with Crippen molar-refractivity contribution in [1.29, 1.82) is 0 Å². The van der Waals surface area contributed by atoms with Gasteiger partial charge in [0.2, 0.25) is 0 Å². The molecule has 0 spiro atoms. The number of anilines is 1. The van der Waals surface area contributed by atoms with E-state index in [-0.39, 0.29) is 0 Å². The van der Waals surface area contributed by atoms with Crippen LogP contribution in [0.2, 0.25) is 0 Å². The van der Waals surface area contributed by atoms with E-state index in [9.17, 15) is 13.2 Å². The van der Waals surface area contributed by atoms with E-state index in [0.717, 1.165) is 18.7 Å². The molecule has 0 atom stereocenters. The lowest BCUT2D eigenvalue weighted by Gasteiger charge is -2.14. The van der Waals surface area contributed by atoms with Crippen molar-refractivity contribution >= 4 is 21.6 Å². The van der Waals surface area contributed by atoms with Crippen LogP contribution in [-0.4, -0.2) is 32.1 Å². The summed E-state index contributed by atoms with van der Waals surface area (Å²) >= 11 is 3.22. The second-order valence-electron chi connectivity index (χ2n) is 3.92. The van der Waals surface area contributed by atoms with Gasteiger partial charge < -0.3 is 10.2 Å². The number of benzene rings is 1. The number of halogens is 4. The Morgan fingerprint density at radius 1 is 1.29 bits per heavy atom. The molecular formula is C11H14BrF3N2. The summed E-state index contributed by atoms with van der Waals surface area (Å²) in [5, 5.41) is 2.97. The molecule has 6 heteroatoms. The van der Waals surface area contributed by atoms with Crippen molar-refractivity contribution in [2.45, 2.75) is 6.18 Å². The third-order valence-corrected chi connectivity index (χ3v) is 2.86. The van der Waals surface area contributed by atoms with Crippen LogP contribution in [-0.2, 0) is 6.18 Å². The number of nitrogens with one attached hydrogen (secondary N) is 1. The topological polar surface area (TPSA) is 15.3 Å². The molecule has 0 amide bonds. The Balaban J connectivity index is 2.77. The lowest BCUT2D eigenvalue weighted by molar-refractivity contribution is -0.137. The maximum absolute atomic E-state index is 12.5. The molecular weight excluding hydrogens is 297 g/mol. The van der Waals surface area contributed by atoms with Gasteiger partial charge in [-0.2, -0.15) is 13.2 Å². The highest BCUT2D eigenvalue weighted by molar-refractivity contribution is 9.10. The van der Waals surface area contributed by atoms with Crippen LogP contribution in [0.3, 0.4) is 0 Å². The fourth-order valence-corrected chi connectivity index (χ4v) is 1.64. The van der Waals surface area contributed by atoms with Gasteiger partial charge in [0.15, 0.2) is 0 Å². The molecule has 1 aromatic rings. The number of hydrogen-bond donors (Lipinski definition) is 1. The SMILES string of the molecule is CN(C)CCNc1cc(C(F)(F)F)ccc1Br. The first kappa shape index (κ1) is 14.3. The fourth-order valence-electron chi connectivity index (χ4n) is 1.25. The third-order valence-electron chi connectivity index (χ3n) is 2.17. The lowest BCUT2D eigenvalue weighted by atomic mass is 10.2. The minimum Gasteiger partial charge on any atom is -0.383 e. The second kappa shape index (κ2) is 5.73. The van der Waals surface area contributed by atoms with Crippen molar-refractivity contribution in [2.24, 2.45) is 0 Å². The predicted molar refractivity (Wildman–Crippen MR) is 66.2 cm³/mol. The monoisotopic (exact) mass is 310 g/mol. The fraction of sp³-hybridized carbons (Fsp3) is 0.455. The summed E-state index contributed by atoms with van der Waals surface area (Å²) in [6.07, 6.45) is -4.31. The Labute approximate surface area is 107 Å². The van der Waals surface area contributed by atoms with Crippen molar-refractivity contribution in [3.8, 4) is 0 Å². The van der Waals surface area contributed by atoms with Crippen LogP contribution < -0.4 is 5.32 Å². The molecule has 0 aliphatic carbocycles. The molecule has 0 radical (unpaired) electrons. The van der Waals surface area contributed by atoms with Gasteiger partial charge in [-0.15, -0.1) is 0 Å². The van der Waals surface area contributed by atoms with Gasteiger partial charge >= 0.3 is 6.18 Å². The Bertz CT molecular complexity index is 377. The Morgan fingerprint density at radius 3 is 2.47 bits per heavy atom. The molecule has 0 aromatic heterocycles. The maximum atomic E-state index is 12.5. The van der Waals surface area contributed by atoms with E-state index in [1.807, 2.05) is 19.0 Å². The number of likely N-dealkylation sites (N-methyl/N-ethyl adjacent to an activating group) is 1. The largest absolute Gasteiger partial charge is 0.416 e. The molecule has 1 aromatic carbocycles. The zero-order valence-corrected chi connectivity index (χ0v) is 11.2. The molecule has 1 rings (SSSR count). The number of nitrogens with zero attached hydrogens (tertiary/aromatic N) is 1. The van der Waals surface area contributed by atoms with E-state index >= 15 is 0 Å². The molecule has 96 valence electrons. The molecule has 0 unspecified atom stereocenters. The Hall–Kier alpha value is -0.750. The van der Waals surface area contributed by atoms with Crippen LogP contribution in [0.1, 0.15) is 5.56 Å². The highest BCUT2D eigenvalue weighted by atomic mass is 79.9. The molecule has 0 fully saturated rings. The van der Waals surface area contributed by atoms with Crippen molar-refractivity contribution < 1.29 is 13.2 Å². The van der Waals surface area contributed by atoms with Crippen LogP contribution in [0.15, 0.2) is 22.7 Å². The van der Waals surface area contributed by atoms with Gasteiger partial charge in [0.1, 0.15) is 0 Å². The van der Waals surface area contributed by atoms with Gasteiger partial charge in [-0.3, -0.25) is 0 Å². The number of hydrogen-bond acceptors (Lipinski definition) is 2. The highest BCUT2D eigenvalue weighted by Crippen LogP contribution is 2.33. The van der Waals surface area contributed by atoms with Crippen LogP contribution in [0, 0.1) is 0 Å². The maximum Gasteiger partial charge on any atom is 0.416 e. The molecule has 0 aliphatic rings. The summed E-state index contributed by atoms with van der Waals surface area (Å²) in [7, 11) is 3.81. The third kappa shape index (κ3) is 4.55. The molecule has 2 nitrogen and oxygen atoms in total. The Morgan fingerprint density at radius 2 is 1.94 bits per heavy atom. The van der Waals surface area contributed by atoms with Crippen LogP contribution in [0.25, 0.3) is 0 Å². The van der Waals surface area contributed by atoms with Gasteiger partial charge in [-0.05, 0) is 48.2 Å². The van der Waals surface area contributed by atoms with Gasteiger partial charge in [0.25, 0.3) is 0 Å². The van der Waals surface area contributed by atoms with Crippen molar-refractivity contribution in [3.05, 3.63) is 28.2 Å². The normalized spacial score (nSPS) is 11.9. The van der Waals surface area contributed by atoms with E-state index in [1.165, 1.54) is 6.07 Å². The zero-order chi connectivity index (χ0) is 13.1. The predicted octanol–water partition coefficient (Wildman–Crippen LogP) is 3.44. The minimum absolute atomic E-state index is 0.460. The minimum atomic E-state index is -4.31. The van der Waals surface area contributed by atoms with Crippen molar-refractivity contribution in [1.82, 2.24) is 4.90 Å². The van der Waals surface area contributed by atoms with Gasteiger partial charge in [-0.25, -0.2) is 0 Å². The second-order valence-corrected chi connectivity index (χ2v) is 4.78. The summed E-state index contributed by atoms with van der Waals surface area (Å²) in [4.78, 5) is 1.95. The van der Waals surface area contributed by atoms with Crippen molar-refractivity contribution in [3.63, 3.8) is 0 Å². The summed E-state index contributed by atoms with van der Waals surface area (Å²) < 4.78 is 38.1. The lowest BCUT2D eigenvalue weighted by Crippen LogP contribution is -2.21. The first-order chi connectivity index (χ1) is 7.80. The molecule has 17 heavy (non-hydrogen) atoms. The van der Waals surface area contributed by atoms with E-state index < -0.39 is 11.7 Å². The Kier molecular flexibility index (Phi) is 4.82. The first-order valence-electron chi connectivity index (χ1n) is 5.06. The van der Waals surface area contributed by atoms with Gasteiger partial charge in [0.05, 0.1) is 5.56 Å². The van der Waals surface area contributed by atoms with E-state index in [4.69, 9.17) is 0 Å².